The Kier molecular flexibility index (Phi) is 9.39. The van der Waals surface area contributed by atoms with E-state index in [0.717, 1.165) is 11.8 Å². The molecule has 0 aliphatic heterocycles. The summed E-state index contributed by atoms with van der Waals surface area (Å²) in [6.45, 7) is 3.54. The van der Waals surface area contributed by atoms with Gasteiger partial charge in [-0.3, -0.25) is 14.3 Å². The number of halogens is 2. The van der Waals surface area contributed by atoms with E-state index in [2.05, 4.69) is 4.72 Å². The SMILES string of the molecule is CC(=O)N(CCC(CC(=O)O)Oc1ccc(NS(C)(=O)=O)cc1)C(C)c1ccc(Cl)c(Cl)c1. The lowest BCUT2D eigenvalue weighted by molar-refractivity contribution is -0.138. The number of hydrogen-bond donors (Lipinski definition) is 2. The molecule has 2 N–H and O–H groups in total. The number of carbonyl (C=O) groups excluding carboxylic acids is 1. The molecule has 180 valence electrons. The minimum atomic E-state index is -3.41. The fraction of sp³-hybridized carbons (Fsp3) is 0.364. The second-order valence-corrected chi connectivity index (χ2v) is 10.1. The monoisotopic (exact) mass is 516 g/mol. The fourth-order valence-electron chi connectivity index (χ4n) is 3.26. The average molecular weight is 517 g/mol. The van der Waals surface area contributed by atoms with Gasteiger partial charge in [0.2, 0.25) is 15.9 Å². The first kappa shape index (κ1) is 26.8. The summed E-state index contributed by atoms with van der Waals surface area (Å²) in [5.41, 5.74) is 1.15. The predicted molar refractivity (Wildman–Crippen MR) is 128 cm³/mol. The van der Waals surface area contributed by atoms with Gasteiger partial charge < -0.3 is 14.7 Å². The number of carbonyl (C=O) groups is 2. The molecule has 2 atom stereocenters. The van der Waals surface area contributed by atoms with Crippen LogP contribution in [0.4, 0.5) is 5.69 Å². The quantitative estimate of drug-likeness (QED) is 0.451. The van der Waals surface area contributed by atoms with Crippen molar-refractivity contribution in [3.05, 3.63) is 58.1 Å². The summed E-state index contributed by atoms with van der Waals surface area (Å²) in [6.07, 6.45) is 0.330. The fourth-order valence-corrected chi connectivity index (χ4v) is 4.14. The van der Waals surface area contributed by atoms with Crippen LogP contribution in [0.1, 0.15) is 38.3 Å². The number of ether oxygens (including phenoxy) is 1. The normalized spacial score (nSPS) is 13.1. The molecular weight excluding hydrogens is 491 g/mol. The second kappa shape index (κ2) is 11.6. The summed E-state index contributed by atoms with van der Waals surface area (Å²) in [5, 5.41) is 10.1. The van der Waals surface area contributed by atoms with Gasteiger partial charge in [0.1, 0.15) is 11.9 Å². The molecule has 0 bridgehead atoms. The summed E-state index contributed by atoms with van der Waals surface area (Å²) in [6, 6.07) is 10.9. The zero-order valence-corrected chi connectivity index (χ0v) is 20.7. The maximum atomic E-state index is 12.3. The van der Waals surface area contributed by atoms with E-state index in [1.165, 1.54) is 19.1 Å². The summed E-state index contributed by atoms with van der Waals surface area (Å²) in [7, 11) is -3.41. The molecule has 0 radical (unpaired) electrons. The van der Waals surface area contributed by atoms with E-state index in [9.17, 15) is 23.1 Å². The van der Waals surface area contributed by atoms with Gasteiger partial charge in [-0.05, 0) is 48.9 Å². The van der Waals surface area contributed by atoms with Crippen molar-refractivity contribution in [2.24, 2.45) is 0 Å². The smallest absolute Gasteiger partial charge is 0.307 e. The van der Waals surface area contributed by atoms with Crippen LogP contribution in [0.15, 0.2) is 42.5 Å². The highest BCUT2D eigenvalue weighted by Gasteiger charge is 2.23. The maximum absolute atomic E-state index is 12.3. The van der Waals surface area contributed by atoms with Crippen LogP contribution in [-0.4, -0.2) is 49.2 Å². The van der Waals surface area contributed by atoms with E-state index in [0.29, 0.717) is 21.5 Å². The van der Waals surface area contributed by atoms with Gasteiger partial charge in [0.25, 0.3) is 0 Å². The molecule has 0 aromatic heterocycles. The Balaban J connectivity index is 2.11. The van der Waals surface area contributed by atoms with E-state index in [1.807, 2.05) is 6.92 Å². The Morgan fingerprint density at radius 2 is 1.76 bits per heavy atom. The average Bonchev–Trinajstić information content (AvgIpc) is 2.69. The first-order valence-corrected chi connectivity index (χ1v) is 12.7. The molecule has 0 heterocycles. The molecule has 0 saturated carbocycles. The van der Waals surface area contributed by atoms with Crippen molar-refractivity contribution >= 4 is 50.8 Å². The highest BCUT2D eigenvalue weighted by Crippen LogP contribution is 2.29. The van der Waals surface area contributed by atoms with Crippen LogP contribution >= 0.6 is 23.2 Å². The lowest BCUT2D eigenvalue weighted by atomic mass is 10.1. The van der Waals surface area contributed by atoms with Crippen molar-refractivity contribution in [1.29, 1.82) is 0 Å². The number of carboxylic acid groups (broad SMARTS) is 1. The topological polar surface area (TPSA) is 113 Å². The Bertz CT molecular complexity index is 1090. The lowest BCUT2D eigenvalue weighted by Crippen LogP contribution is -2.35. The molecule has 2 aromatic rings. The Morgan fingerprint density at radius 3 is 2.27 bits per heavy atom. The van der Waals surface area contributed by atoms with Crippen molar-refractivity contribution in [2.75, 3.05) is 17.5 Å². The number of hydrogen-bond acceptors (Lipinski definition) is 5. The predicted octanol–water partition coefficient (Wildman–Crippen LogP) is 4.59. The standard InChI is InChI=1S/C22H26Cl2N2O6S/c1-14(16-4-9-20(23)21(24)12-16)26(15(2)27)11-10-19(13-22(28)29)32-18-7-5-17(6-8-18)25-33(3,30)31/h4-9,12,14,19,25H,10-11,13H2,1-3H3,(H,28,29). The molecule has 2 unspecified atom stereocenters. The molecular formula is C22H26Cl2N2O6S. The Labute approximate surface area is 203 Å². The molecule has 0 saturated heterocycles. The van der Waals surface area contributed by atoms with E-state index >= 15 is 0 Å². The Hall–Kier alpha value is -2.49. The van der Waals surface area contributed by atoms with E-state index in [4.69, 9.17) is 27.9 Å². The largest absolute Gasteiger partial charge is 0.490 e. The van der Waals surface area contributed by atoms with Crippen LogP contribution in [0.25, 0.3) is 0 Å². The van der Waals surface area contributed by atoms with Gasteiger partial charge in [0.05, 0.1) is 28.8 Å². The van der Waals surface area contributed by atoms with Crippen LogP contribution in [0.2, 0.25) is 10.0 Å². The van der Waals surface area contributed by atoms with Gasteiger partial charge in [0, 0.05) is 25.6 Å². The maximum Gasteiger partial charge on any atom is 0.307 e. The zero-order chi connectivity index (χ0) is 24.8. The first-order valence-electron chi connectivity index (χ1n) is 10.0. The minimum Gasteiger partial charge on any atom is -0.490 e. The number of sulfonamides is 1. The number of rotatable bonds is 11. The van der Waals surface area contributed by atoms with Crippen molar-refractivity contribution in [1.82, 2.24) is 4.90 Å². The van der Waals surface area contributed by atoms with Crippen LogP contribution in [0.3, 0.4) is 0 Å². The van der Waals surface area contributed by atoms with Crippen molar-refractivity contribution in [2.45, 2.75) is 38.8 Å². The number of nitrogens with zero attached hydrogens (tertiary/aromatic N) is 1. The van der Waals surface area contributed by atoms with Crippen LogP contribution in [-0.2, 0) is 19.6 Å². The number of nitrogens with one attached hydrogen (secondary N) is 1. The molecule has 33 heavy (non-hydrogen) atoms. The first-order chi connectivity index (χ1) is 15.4. The van der Waals surface area contributed by atoms with Gasteiger partial charge in [-0.1, -0.05) is 29.3 Å². The van der Waals surface area contributed by atoms with Crippen LogP contribution < -0.4 is 9.46 Å². The molecule has 0 aliphatic carbocycles. The number of amides is 1. The lowest BCUT2D eigenvalue weighted by Gasteiger charge is -2.30. The van der Waals surface area contributed by atoms with E-state index < -0.39 is 22.1 Å². The van der Waals surface area contributed by atoms with Crippen molar-refractivity contribution < 1.29 is 27.9 Å². The highest BCUT2D eigenvalue weighted by atomic mass is 35.5. The number of benzene rings is 2. The van der Waals surface area contributed by atoms with Crippen molar-refractivity contribution in [3.63, 3.8) is 0 Å². The van der Waals surface area contributed by atoms with Crippen molar-refractivity contribution in [3.8, 4) is 5.75 Å². The van der Waals surface area contributed by atoms with Gasteiger partial charge in [-0.25, -0.2) is 8.42 Å². The van der Waals surface area contributed by atoms with Crippen LogP contribution in [0, 0.1) is 0 Å². The molecule has 2 aromatic carbocycles. The molecule has 2 rings (SSSR count). The molecule has 8 nitrogen and oxygen atoms in total. The van der Waals surface area contributed by atoms with Gasteiger partial charge >= 0.3 is 5.97 Å². The summed E-state index contributed by atoms with van der Waals surface area (Å²) >= 11 is 12.1. The Morgan fingerprint density at radius 1 is 1.12 bits per heavy atom. The van der Waals surface area contributed by atoms with Crippen LogP contribution in [0.5, 0.6) is 5.75 Å². The highest BCUT2D eigenvalue weighted by molar-refractivity contribution is 7.92. The summed E-state index contributed by atoms with van der Waals surface area (Å²) < 4.78 is 30.8. The van der Waals surface area contributed by atoms with Gasteiger partial charge in [-0.15, -0.1) is 0 Å². The van der Waals surface area contributed by atoms with Gasteiger partial charge in [0.15, 0.2) is 0 Å². The summed E-state index contributed by atoms with van der Waals surface area (Å²) in [4.78, 5) is 25.3. The summed E-state index contributed by atoms with van der Waals surface area (Å²) in [5.74, 6) is -0.840. The van der Waals surface area contributed by atoms with E-state index in [-0.39, 0.29) is 31.3 Å². The third-order valence-electron chi connectivity index (χ3n) is 4.85. The second-order valence-electron chi connectivity index (χ2n) is 7.59. The molecule has 0 fully saturated rings. The molecule has 11 heteroatoms. The van der Waals surface area contributed by atoms with Gasteiger partial charge in [-0.2, -0.15) is 0 Å². The van der Waals surface area contributed by atoms with E-state index in [1.54, 1.807) is 35.2 Å². The third-order valence-corrected chi connectivity index (χ3v) is 6.20. The molecule has 1 amide bonds. The third kappa shape index (κ3) is 8.75. The number of carboxylic acids is 1. The number of anilines is 1. The minimum absolute atomic E-state index is 0.182. The zero-order valence-electron chi connectivity index (χ0n) is 18.4. The molecule has 0 aliphatic rings. The number of aliphatic carboxylic acids is 1. The molecule has 0 spiro atoms.